The molecule has 1 N–H and O–H groups in total. The first-order valence-electron chi connectivity index (χ1n) is 3.43. The maximum Gasteiger partial charge on any atom is 0.0696 e. The van der Waals surface area contributed by atoms with Crippen LogP contribution in [0, 0.1) is 0 Å². The van der Waals surface area contributed by atoms with Crippen LogP contribution in [-0.2, 0) is 6.61 Å². The van der Waals surface area contributed by atoms with Gasteiger partial charge in [-0.05, 0) is 11.6 Å². The first-order chi connectivity index (χ1) is 4.93. The molecule has 0 unspecified atom stereocenters. The Morgan fingerprint density at radius 3 is 2.50 bits per heavy atom. The highest BCUT2D eigenvalue weighted by molar-refractivity contribution is 5.06. The van der Waals surface area contributed by atoms with Gasteiger partial charge in [0.25, 0.3) is 0 Å². The van der Waals surface area contributed by atoms with Crippen LogP contribution in [0.5, 0.6) is 0 Å². The quantitative estimate of drug-likeness (QED) is 0.641. The highest BCUT2D eigenvalue weighted by Gasteiger charge is 1.82. The molecule has 0 aliphatic heterocycles. The number of aliphatic hydroxyl groups excluding tert-OH is 1. The molecule has 0 amide bonds. The number of hydrogen-bond donors (Lipinski definition) is 1. The summed E-state index contributed by atoms with van der Waals surface area (Å²) in [6.45, 7) is 4.08. The van der Waals surface area contributed by atoms with E-state index in [1.165, 1.54) is 0 Å². The largest absolute Gasteiger partial charge is 0.392 e. The zero-order chi connectivity index (χ0) is 7.82. The summed E-state index contributed by atoms with van der Waals surface area (Å²) < 4.78 is 0. The molecule has 2 heteroatoms. The van der Waals surface area contributed by atoms with Crippen molar-refractivity contribution in [3.63, 3.8) is 0 Å². The van der Waals surface area contributed by atoms with E-state index in [-0.39, 0.29) is 6.61 Å². The van der Waals surface area contributed by atoms with Crippen molar-refractivity contribution in [2.45, 2.75) is 20.5 Å². The molecule has 0 spiro atoms. The Bertz CT molecular complexity index is 151. The Hall–Kier alpha value is -0.890. The van der Waals surface area contributed by atoms with Crippen molar-refractivity contribution in [3.05, 3.63) is 30.1 Å². The lowest BCUT2D eigenvalue weighted by molar-refractivity contribution is 0.281. The molecule has 56 valence electrons. The SMILES string of the molecule is CC.OCc1cccnc1. The fraction of sp³-hybridized carbons (Fsp3) is 0.375. The Labute approximate surface area is 61.5 Å². The van der Waals surface area contributed by atoms with Gasteiger partial charge in [0, 0.05) is 12.4 Å². The van der Waals surface area contributed by atoms with Gasteiger partial charge in [0.2, 0.25) is 0 Å². The Balaban J connectivity index is 0.000000371. The second kappa shape index (κ2) is 6.23. The highest BCUT2D eigenvalue weighted by atomic mass is 16.3. The number of hydrogen-bond acceptors (Lipinski definition) is 2. The van der Waals surface area contributed by atoms with E-state index in [2.05, 4.69) is 4.98 Å². The molecule has 0 saturated heterocycles. The van der Waals surface area contributed by atoms with Gasteiger partial charge in [0.15, 0.2) is 0 Å². The summed E-state index contributed by atoms with van der Waals surface area (Å²) in [5.41, 5.74) is 0.854. The fourth-order valence-electron chi connectivity index (χ4n) is 0.492. The van der Waals surface area contributed by atoms with E-state index < -0.39 is 0 Å². The third-order valence-corrected chi connectivity index (χ3v) is 0.905. The number of nitrogens with zero attached hydrogens (tertiary/aromatic N) is 1. The van der Waals surface area contributed by atoms with Crippen LogP contribution in [0.4, 0.5) is 0 Å². The van der Waals surface area contributed by atoms with E-state index >= 15 is 0 Å². The lowest BCUT2D eigenvalue weighted by Crippen LogP contribution is -1.80. The standard InChI is InChI=1S/C6H7NO.C2H6/c8-5-6-2-1-3-7-4-6;1-2/h1-4,8H,5H2;1-2H3. The number of rotatable bonds is 1. The third-order valence-electron chi connectivity index (χ3n) is 0.905. The first kappa shape index (κ1) is 9.11. The summed E-state index contributed by atoms with van der Waals surface area (Å²) in [5, 5.41) is 8.50. The molecule has 1 rings (SSSR count). The van der Waals surface area contributed by atoms with E-state index in [0.29, 0.717) is 0 Å². The Morgan fingerprint density at radius 2 is 2.20 bits per heavy atom. The maximum atomic E-state index is 8.50. The highest BCUT2D eigenvalue weighted by Crippen LogP contribution is 1.92. The van der Waals surface area contributed by atoms with Gasteiger partial charge in [-0.15, -0.1) is 0 Å². The van der Waals surface area contributed by atoms with Crippen molar-refractivity contribution in [3.8, 4) is 0 Å². The van der Waals surface area contributed by atoms with E-state index in [9.17, 15) is 0 Å². The average Bonchev–Trinajstić information content (AvgIpc) is 2.10. The van der Waals surface area contributed by atoms with Gasteiger partial charge < -0.3 is 5.11 Å². The van der Waals surface area contributed by atoms with Gasteiger partial charge in [-0.25, -0.2) is 0 Å². The molecule has 0 aromatic carbocycles. The van der Waals surface area contributed by atoms with Crippen LogP contribution in [0.1, 0.15) is 19.4 Å². The second-order valence-electron chi connectivity index (χ2n) is 1.52. The summed E-state index contributed by atoms with van der Waals surface area (Å²) in [7, 11) is 0. The molecule has 0 saturated carbocycles. The van der Waals surface area contributed by atoms with Crippen molar-refractivity contribution < 1.29 is 5.11 Å². The van der Waals surface area contributed by atoms with Crippen LogP contribution in [0.25, 0.3) is 0 Å². The number of aromatic nitrogens is 1. The van der Waals surface area contributed by atoms with E-state index in [1.54, 1.807) is 18.5 Å². The summed E-state index contributed by atoms with van der Waals surface area (Å²) >= 11 is 0. The molecule has 0 fully saturated rings. The molecule has 0 radical (unpaired) electrons. The zero-order valence-electron chi connectivity index (χ0n) is 6.41. The van der Waals surface area contributed by atoms with Crippen LogP contribution in [0.3, 0.4) is 0 Å². The zero-order valence-corrected chi connectivity index (χ0v) is 6.41. The predicted molar refractivity (Wildman–Crippen MR) is 41.5 cm³/mol. The van der Waals surface area contributed by atoms with Crippen LogP contribution < -0.4 is 0 Å². The number of aliphatic hydroxyl groups is 1. The van der Waals surface area contributed by atoms with Gasteiger partial charge in [-0.3, -0.25) is 4.98 Å². The van der Waals surface area contributed by atoms with Crippen molar-refractivity contribution >= 4 is 0 Å². The monoisotopic (exact) mass is 139 g/mol. The summed E-state index contributed by atoms with van der Waals surface area (Å²) in [6, 6.07) is 3.62. The maximum absolute atomic E-state index is 8.50. The lowest BCUT2D eigenvalue weighted by atomic mass is 10.3. The van der Waals surface area contributed by atoms with Crippen LogP contribution in [-0.4, -0.2) is 10.1 Å². The van der Waals surface area contributed by atoms with Crippen LogP contribution in [0.15, 0.2) is 24.5 Å². The minimum atomic E-state index is 0.0772. The minimum Gasteiger partial charge on any atom is -0.392 e. The van der Waals surface area contributed by atoms with Gasteiger partial charge >= 0.3 is 0 Å². The van der Waals surface area contributed by atoms with Gasteiger partial charge in [0.05, 0.1) is 6.61 Å². The van der Waals surface area contributed by atoms with Gasteiger partial charge in [0.1, 0.15) is 0 Å². The minimum absolute atomic E-state index is 0.0772. The van der Waals surface area contributed by atoms with Crippen molar-refractivity contribution in [2.24, 2.45) is 0 Å². The molecule has 0 aliphatic rings. The molecule has 1 heterocycles. The van der Waals surface area contributed by atoms with Gasteiger partial charge in [-0.1, -0.05) is 19.9 Å². The predicted octanol–water partition coefficient (Wildman–Crippen LogP) is 1.60. The fourth-order valence-corrected chi connectivity index (χ4v) is 0.492. The van der Waals surface area contributed by atoms with E-state index in [0.717, 1.165) is 5.56 Å². The lowest BCUT2D eigenvalue weighted by Gasteiger charge is -1.88. The van der Waals surface area contributed by atoms with E-state index in [1.807, 2.05) is 19.9 Å². The molecular formula is C8H13NO. The molecule has 1 aromatic rings. The first-order valence-corrected chi connectivity index (χ1v) is 3.43. The molecule has 2 nitrogen and oxygen atoms in total. The van der Waals surface area contributed by atoms with Crippen molar-refractivity contribution in [1.29, 1.82) is 0 Å². The van der Waals surface area contributed by atoms with Crippen molar-refractivity contribution in [1.82, 2.24) is 4.98 Å². The summed E-state index contributed by atoms with van der Waals surface area (Å²) in [4.78, 5) is 3.80. The molecule has 0 atom stereocenters. The summed E-state index contributed by atoms with van der Waals surface area (Å²) in [6.07, 6.45) is 3.32. The average molecular weight is 139 g/mol. The molecule has 1 aromatic heterocycles. The molecular weight excluding hydrogens is 126 g/mol. The topological polar surface area (TPSA) is 33.1 Å². The smallest absolute Gasteiger partial charge is 0.0696 e. The van der Waals surface area contributed by atoms with Crippen molar-refractivity contribution in [2.75, 3.05) is 0 Å². The van der Waals surface area contributed by atoms with Crippen LogP contribution >= 0.6 is 0 Å². The third kappa shape index (κ3) is 3.20. The summed E-state index contributed by atoms with van der Waals surface area (Å²) in [5.74, 6) is 0. The molecule has 0 bridgehead atoms. The molecule has 10 heavy (non-hydrogen) atoms. The molecule has 0 aliphatic carbocycles. The van der Waals surface area contributed by atoms with Crippen LogP contribution in [0.2, 0.25) is 0 Å². The van der Waals surface area contributed by atoms with E-state index in [4.69, 9.17) is 5.11 Å². The second-order valence-corrected chi connectivity index (χ2v) is 1.52. The Morgan fingerprint density at radius 1 is 1.50 bits per heavy atom. The normalized spacial score (nSPS) is 7.90. The Kier molecular flexibility index (Phi) is 5.68. The van der Waals surface area contributed by atoms with Gasteiger partial charge in [-0.2, -0.15) is 0 Å². The number of pyridine rings is 1.